The molecule has 0 bridgehead atoms. The highest BCUT2D eigenvalue weighted by Gasteiger charge is 2.18. The molecule has 0 saturated carbocycles. The van der Waals surface area contributed by atoms with Crippen molar-refractivity contribution in [3.8, 4) is 34.6 Å². The third-order valence-electron chi connectivity index (χ3n) is 10.5. The highest BCUT2D eigenvalue weighted by Crippen LogP contribution is 2.35. The van der Waals surface area contributed by atoms with Crippen LogP contribution in [0.15, 0.2) is 94.9 Å². The van der Waals surface area contributed by atoms with E-state index in [1.807, 2.05) is 36.4 Å². The van der Waals surface area contributed by atoms with Gasteiger partial charge in [0.05, 0.1) is 22.2 Å². The number of pyridine rings is 2. The Morgan fingerprint density at radius 3 is 1.38 bits per heavy atom. The van der Waals surface area contributed by atoms with Crippen molar-refractivity contribution in [3.63, 3.8) is 0 Å². The molecule has 0 radical (unpaired) electrons. The van der Waals surface area contributed by atoms with Gasteiger partial charge in [-0.2, -0.15) is 9.97 Å². The smallest absolute Gasteiger partial charge is 0.303 e. The first-order chi connectivity index (χ1) is 32.0. The van der Waals surface area contributed by atoms with Crippen molar-refractivity contribution in [2.45, 2.75) is 78.7 Å². The number of halogens is 2. The molecule has 0 aliphatic rings. The van der Waals surface area contributed by atoms with E-state index in [9.17, 15) is 9.59 Å². The fraction of sp³-hybridized carbons (Fsp3) is 0.333. The molecule has 2 aromatic carbocycles. The van der Waals surface area contributed by atoms with E-state index in [2.05, 4.69) is 88.4 Å². The van der Waals surface area contributed by atoms with E-state index in [0.29, 0.717) is 97.5 Å². The van der Waals surface area contributed by atoms with Crippen molar-refractivity contribution >= 4 is 43.8 Å². The largest absolute Gasteiger partial charge is 0.481 e. The quantitative estimate of drug-likeness (QED) is 0.0358. The van der Waals surface area contributed by atoms with Crippen molar-refractivity contribution < 1.29 is 38.7 Å². The number of carboxylic acid groups (broad SMARTS) is 2. The monoisotopic (exact) mass is 1030 g/mol. The highest BCUT2D eigenvalue weighted by molar-refractivity contribution is 9.10. The number of carboxylic acids is 2. The number of benzene rings is 2. The molecule has 0 unspecified atom stereocenters. The summed E-state index contributed by atoms with van der Waals surface area (Å²) in [5, 5.41) is 24.6. The molecule has 0 aliphatic heterocycles. The average Bonchev–Trinajstić information content (AvgIpc) is 3.30. The maximum atomic E-state index is 11.0. The van der Waals surface area contributed by atoms with Gasteiger partial charge in [0.1, 0.15) is 25.9 Å². The number of carbonyl (C=O) groups is 2. The molecule has 0 aliphatic carbocycles. The third-order valence-corrected chi connectivity index (χ3v) is 11.6. The number of nitrogens with zero attached hydrogens (tertiary/aromatic N) is 6. The molecule has 0 saturated heterocycles. The summed E-state index contributed by atoms with van der Waals surface area (Å²) < 4.78 is 26.4. The predicted molar refractivity (Wildman–Crippen MR) is 254 cm³/mol. The van der Waals surface area contributed by atoms with Gasteiger partial charge in [0.15, 0.2) is 0 Å². The van der Waals surface area contributed by atoms with Crippen LogP contribution in [0.4, 0.5) is 0 Å². The number of rotatable bonds is 27. The number of hydrogen-bond donors (Lipinski definition) is 4. The first kappa shape index (κ1) is 49.4. The molecule has 4 heterocycles. The van der Waals surface area contributed by atoms with Crippen LogP contribution >= 0.6 is 31.9 Å². The van der Waals surface area contributed by atoms with E-state index in [4.69, 9.17) is 39.1 Å². The maximum Gasteiger partial charge on any atom is 0.303 e. The maximum absolute atomic E-state index is 11.0. The van der Waals surface area contributed by atoms with Gasteiger partial charge >= 0.3 is 11.9 Å². The van der Waals surface area contributed by atoms with Crippen LogP contribution in [0.3, 0.4) is 0 Å². The van der Waals surface area contributed by atoms with Gasteiger partial charge in [-0.05, 0) is 128 Å². The molecule has 0 amide bonds. The van der Waals surface area contributed by atoms with E-state index in [0.717, 1.165) is 55.6 Å². The van der Waals surface area contributed by atoms with Crippen molar-refractivity contribution in [2.24, 2.45) is 0 Å². The summed E-state index contributed by atoms with van der Waals surface area (Å²) in [7, 11) is 0. The summed E-state index contributed by atoms with van der Waals surface area (Å²) in [6, 6.07) is 16.1. The SMILES string of the molecule is Cc1c(COc2nc(OCCc3cncnc3)c(CNCCCC(=O)O)cc2Br)cccc1-c1cccc(COc2nc(OCCc3cncnc3)c(CNCCCC(=O)O)cc2Br)c1C. The van der Waals surface area contributed by atoms with Crippen molar-refractivity contribution in [1.82, 2.24) is 40.5 Å². The van der Waals surface area contributed by atoms with Crippen LogP contribution < -0.4 is 29.6 Å². The molecule has 4 N–H and O–H groups in total. The van der Waals surface area contributed by atoms with Crippen LogP contribution in [0.2, 0.25) is 0 Å². The molecule has 0 fully saturated rings. The van der Waals surface area contributed by atoms with E-state index in [1.54, 1.807) is 24.8 Å². The fourth-order valence-corrected chi connectivity index (χ4v) is 7.83. The minimum absolute atomic E-state index is 0.0841. The van der Waals surface area contributed by atoms with E-state index < -0.39 is 11.9 Å². The van der Waals surface area contributed by atoms with Crippen LogP contribution in [0.5, 0.6) is 23.5 Å². The van der Waals surface area contributed by atoms with Crippen molar-refractivity contribution in [3.05, 3.63) is 139 Å². The summed E-state index contributed by atoms with van der Waals surface area (Å²) in [5.41, 5.74) is 9.65. The topological polar surface area (TPSA) is 213 Å². The number of aliphatic carboxylic acids is 2. The van der Waals surface area contributed by atoms with Crippen molar-refractivity contribution in [1.29, 1.82) is 0 Å². The zero-order chi connectivity index (χ0) is 46.7. The van der Waals surface area contributed by atoms with Gasteiger partial charge in [0, 0.05) is 74.7 Å². The summed E-state index contributed by atoms with van der Waals surface area (Å²) in [5.74, 6) is -0.0766. The molecule has 66 heavy (non-hydrogen) atoms. The normalized spacial score (nSPS) is 11.0. The molecule has 346 valence electrons. The second-order valence-electron chi connectivity index (χ2n) is 15.3. The van der Waals surface area contributed by atoms with Crippen molar-refractivity contribution in [2.75, 3.05) is 26.3 Å². The Labute approximate surface area is 400 Å². The van der Waals surface area contributed by atoms with Crippen LogP contribution in [0, 0.1) is 13.8 Å². The van der Waals surface area contributed by atoms with Crippen LogP contribution in [0.1, 0.15) is 70.2 Å². The lowest BCUT2D eigenvalue weighted by Gasteiger charge is -2.18. The fourth-order valence-electron chi connectivity index (χ4n) is 6.87. The molecular weight excluding hydrogens is 976 g/mol. The molecule has 4 aromatic heterocycles. The lowest BCUT2D eigenvalue weighted by Crippen LogP contribution is -2.17. The number of aromatic nitrogens is 6. The first-order valence-electron chi connectivity index (χ1n) is 21.5. The first-order valence-corrected chi connectivity index (χ1v) is 23.0. The Morgan fingerprint density at radius 1 is 0.576 bits per heavy atom. The predicted octanol–water partition coefficient (Wildman–Crippen LogP) is 8.18. The van der Waals surface area contributed by atoms with Crippen LogP contribution in [0.25, 0.3) is 11.1 Å². The van der Waals surface area contributed by atoms with Gasteiger partial charge in [0.25, 0.3) is 0 Å². The zero-order valence-electron chi connectivity index (χ0n) is 36.8. The number of nitrogens with one attached hydrogen (secondary N) is 2. The highest BCUT2D eigenvalue weighted by atomic mass is 79.9. The summed E-state index contributed by atoms with van der Waals surface area (Å²) >= 11 is 7.31. The molecule has 6 aromatic rings. The van der Waals surface area contributed by atoms with Gasteiger partial charge in [-0.3, -0.25) is 9.59 Å². The van der Waals surface area contributed by atoms with E-state index >= 15 is 0 Å². The average molecular weight is 1030 g/mol. The molecule has 6 rings (SSSR count). The summed E-state index contributed by atoms with van der Waals surface area (Å²) in [6.07, 6.45) is 12.3. The van der Waals surface area contributed by atoms with Gasteiger partial charge in [-0.25, -0.2) is 19.9 Å². The lowest BCUT2D eigenvalue weighted by atomic mass is 9.92. The Morgan fingerprint density at radius 2 is 0.985 bits per heavy atom. The Hall–Kier alpha value is -6.08. The van der Waals surface area contributed by atoms with Gasteiger partial charge in [-0.15, -0.1) is 0 Å². The van der Waals surface area contributed by atoms with E-state index in [1.165, 1.54) is 12.7 Å². The number of ether oxygens (including phenoxy) is 4. The summed E-state index contributed by atoms with van der Waals surface area (Å²) in [4.78, 5) is 47.9. The minimum Gasteiger partial charge on any atom is -0.481 e. The molecule has 0 spiro atoms. The second-order valence-corrected chi connectivity index (χ2v) is 17.0. The lowest BCUT2D eigenvalue weighted by molar-refractivity contribution is -0.138. The molecule has 0 atom stereocenters. The Kier molecular flexibility index (Phi) is 19.1. The molecular formula is C48H52Br2N8O8. The molecule has 18 heteroatoms. The third kappa shape index (κ3) is 15.0. The van der Waals surface area contributed by atoms with Gasteiger partial charge in [0.2, 0.25) is 23.5 Å². The standard InChI is InChI=1S/C48H52Br2N8O8/c1-31-35(27-65-47-41(49)19-37(25-51-15-5-11-43(59)60)45(57-47)63-17-13-33-21-53-29-54-22-33)7-3-9-39(31)40-10-4-8-36(32(40)2)28-66-48-42(50)20-38(26-52-16-6-12-44(61)62)46(58-48)64-18-14-34-23-55-30-56-24-34/h3-4,7-10,19-24,29-30,51-52H,5-6,11-18,25-28H2,1-2H3,(H,59,60)(H,61,62). The van der Waals surface area contributed by atoms with Gasteiger partial charge in [-0.1, -0.05) is 36.4 Å². The summed E-state index contributed by atoms with van der Waals surface area (Å²) in [6.45, 7) is 7.25. The Balaban J connectivity index is 1.14. The number of hydrogen-bond acceptors (Lipinski definition) is 14. The Bertz CT molecular complexity index is 2370. The second kappa shape index (κ2) is 25.6. The molecule has 16 nitrogen and oxygen atoms in total. The zero-order valence-corrected chi connectivity index (χ0v) is 39.9. The van der Waals surface area contributed by atoms with Crippen LogP contribution in [-0.2, 0) is 48.7 Å². The van der Waals surface area contributed by atoms with E-state index in [-0.39, 0.29) is 26.1 Å². The van der Waals surface area contributed by atoms with Gasteiger partial charge < -0.3 is 39.8 Å². The van der Waals surface area contributed by atoms with Crippen LogP contribution in [-0.4, -0.2) is 78.4 Å². The minimum atomic E-state index is -0.830.